The average molecular weight is 275 g/mol. The van der Waals surface area contributed by atoms with E-state index in [1.807, 2.05) is 0 Å². The highest BCUT2D eigenvalue weighted by Crippen LogP contribution is 2.33. The lowest BCUT2D eigenvalue weighted by atomic mass is 10.0. The fourth-order valence-electron chi connectivity index (χ4n) is 1.59. The zero-order valence-corrected chi connectivity index (χ0v) is 9.69. The number of halogens is 5. The SMILES string of the molecule is Fc1cc(Cl)ccc1-c1cccc(C(F)(F)F)c1. The lowest BCUT2D eigenvalue weighted by Gasteiger charge is -2.09. The first-order chi connectivity index (χ1) is 8.38. The minimum absolute atomic E-state index is 0.0884. The molecule has 0 unspecified atom stereocenters. The molecule has 0 aliphatic rings. The Hall–Kier alpha value is -1.55. The molecular formula is C13H7ClF4. The van der Waals surface area contributed by atoms with Crippen molar-refractivity contribution in [3.8, 4) is 11.1 Å². The molecule has 0 fully saturated rings. The summed E-state index contributed by atoms with van der Waals surface area (Å²) in [7, 11) is 0. The molecule has 0 radical (unpaired) electrons. The number of hydrogen-bond donors (Lipinski definition) is 0. The summed E-state index contributed by atoms with van der Waals surface area (Å²) in [4.78, 5) is 0. The normalized spacial score (nSPS) is 11.6. The van der Waals surface area contributed by atoms with Crippen LogP contribution in [0.1, 0.15) is 5.56 Å². The summed E-state index contributed by atoms with van der Waals surface area (Å²) in [5, 5.41) is 0.197. The van der Waals surface area contributed by atoms with Gasteiger partial charge >= 0.3 is 6.18 Å². The van der Waals surface area contributed by atoms with Gasteiger partial charge in [0.1, 0.15) is 5.82 Å². The molecule has 0 saturated heterocycles. The Morgan fingerprint density at radius 1 is 0.944 bits per heavy atom. The van der Waals surface area contributed by atoms with Crippen LogP contribution in [0.15, 0.2) is 42.5 Å². The van der Waals surface area contributed by atoms with E-state index in [9.17, 15) is 17.6 Å². The van der Waals surface area contributed by atoms with Crippen LogP contribution in [0.4, 0.5) is 17.6 Å². The van der Waals surface area contributed by atoms with Crippen molar-refractivity contribution < 1.29 is 17.6 Å². The van der Waals surface area contributed by atoms with Crippen molar-refractivity contribution in [1.29, 1.82) is 0 Å². The quantitative estimate of drug-likeness (QED) is 0.630. The third kappa shape index (κ3) is 2.64. The Morgan fingerprint density at radius 2 is 1.67 bits per heavy atom. The van der Waals surface area contributed by atoms with Crippen LogP contribution in [0.3, 0.4) is 0 Å². The fourth-order valence-corrected chi connectivity index (χ4v) is 1.75. The molecule has 0 spiro atoms. The molecule has 5 heteroatoms. The lowest BCUT2D eigenvalue weighted by Crippen LogP contribution is -2.04. The molecule has 0 aliphatic heterocycles. The summed E-state index contributed by atoms with van der Waals surface area (Å²) < 4.78 is 51.2. The van der Waals surface area contributed by atoms with Crippen LogP contribution in [0.5, 0.6) is 0 Å². The van der Waals surface area contributed by atoms with E-state index in [2.05, 4.69) is 0 Å². The van der Waals surface area contributed by atoms with Crippen LogP contribution >= 0.6 is 11.6 Å². The van der Waals surface area contributed by atoms with E-state index < -0.39 is 17.6 Å². The lowest BCUT2D eigenvalue weighted by molar-refractivity contribution is -0.137. The monoisotopic (exact) mass is 274 g/mol. The van der Waals surface area contributed by atoms with E-state index in [-0.39, 0.29) is 16.1 Å². The molecular weight excluding hydrogens is 268 g/mol. The van der Waals surface area contributed by atoms with Gasteiger partial charge in [0.2, 0.25) is 0 Å². The molecule has 0 saturated carbocycles. The summed E-state index contributed by atoms with van der Waals surface area (Å²) in [6.07, 6.45) is -4.45. The zero-order chi connectivity index (χ0) is 13.3. The number of alkyl halides is 3. The van der Waals surface area contributed by atoms with Crippen molar-refractivity contribution in [2.24, 2.45) is 0 Å². The smallest absolute Gasteiger partial charge is 0.206 e. The van der Waals surface area contributed by atoms with E-state index in [1.54, 1.807) is 0 Å². The molecule has 18 heavy (non-hydrogen) atoms. The summed E-state index contributed by atoms with van der Waals surface area (Å²) in [5.74, 6) is -0.651. The van der Waals surface area contributed by atoms with Crippen LogP contribution in [0, 0.1) is 5.82 Å². The molecule has 2 aromatic carbocycles. The Morgan fingerprint density at radius 3 is 2.28 bits per heavy atom. The van der Waals surface area contributed by atoms with Gasteiger partial charge < -0.3 is 0 Å². The Kier molecular flexibility index (Phi) is 3.30. The van der Waals surface area contributed by atoms with Gasteiger partial charge in [-0.3, -0.25) is 0 Å². The summed E-state index contributed by atoms with van der Waals surface area (Å²) in [5.41, 5.74) is -0.557. The highest BCUT2D eigenvalue weighted by atomic mass is 35.5. The maximum absolute atomic E-state index is 13.6. The third-order valence-corrected chi connectivity index (χ3v) is 2.67. The van der Waals surface area contributed by atoms with E-state index in [1.165, 1.54) is 24.3 Å². The predicted molar refractivity (Wildman–Crippen MR) is 61.8 cm³/mol. The molecule has 94 valence electrons. The highest BCUT2D eigenvalue weighted by Gasteiger charge is 2.30. The van der Waals surface area contributed by atoms with Gasteiger partial charge in [0.05, 0.1) is 5.56 Å². The minimum atomic E-state index is -4.45. The van der Waals surface area contributed by atoms with E-state index in [0.717, 1.165) is 18.2 Å². The third-order valence-electron chi connectivity index (χ3n) is 2.43. The van der Waals surface area contributed by atoms with Crippen LogP contribution in [-0.2, 0) is 6.18 Å². The standard InChI is InChI=1S/C13H7ClF4/c14-10-4-5-11(12(15)7-10)8-2-1-3-9(6-8)13(16,17)18/h1-7H. The first-order valence-corrected chi connectivity index (χ1v) is 5.38. The molecule has 0 amide bonds. The van der Waals surface area contributed by atoms with E-state index in [4.69, 9.17) is 11.6 Å². The first kappa shape index (κ1) is 12.9. The summed E-state index contributed by atoms with van der Waals surface area (Å²) in [6.45, 7) is 0. The first-order valence-electron chi connectivity index (χ1n) is 5.00. The molecule has 0 nitrogen and oxygen atoms in total. The fraction of sp³-hybridized carbons (Fsp3) is 0.0769. The Bertz CT molecular complexity index is 575. The van der Waals surface area contributed by atoms with Crippen molar-refractivity contribution in [1.82, 2.24) is 0 Å². The molecule has 0 bridgehead atoms. The Balaban J connectivity index is 2.51. The van der Waals surface area contributed by atoms with Gasteiger partial charge in [-0.1, -0.05) is 23.7 Å². The highest BCUT2D eigenvalue weighted by molar-refractivity contribution is 6.30. The second kappa shape index (κ2) is 4.61. The predicted octanol–water partition coefficient (Wildman–Crippen LogP) is 5.16. The average Bonchev–Trinajstić information content (AvgIpc) is 2.28. The van der Waals surface area contributed by atoms with Crippen molar-refractivity contribution in [2.45, 2.75) is 6.18 Å². The van der Waals surface area contributed by atoms with Crippen molar-refractivity contribution >= 4 is 11.6 Å². The van der Waals surface area contributed by atoms with Gasteiger partial charge in [0.15, 0.2) is 0 Å². The molecule has 0 aliphatic carbocycles. The molecule has 0 heterocycles. The van der Waals surface area contributed by atoms with Gasteiger partial charge in [-0.05, 0) is 35.9 Å². The van der Waals surface area contributed by atoms with Crippen LogP contribution in [0.25, 0.3) is 11.1 Å². The van der Waals surface area contributed by atoms with Crippen LogP contribution in [0.2, 0.25) is 5.02 Å². The second-order valence-electron chi connectivity index (χ2n) is 3.70. The van der Waals surface area contributed by atoms with Crippen molar-refractivity contribution in [3.63, 3.8) is 0 Å². The molecule has 0 atom stereocenters. The maximum atomic E-state index is 13.6. The van der Waals surface area contributed by atoms with Gasteiger partial charge in [-0.2, -0.15) is 13.2 Å². The number of hydrogen-bond acceptors (Lipinski definition) is 0. The van der Waals surface area contributed by atoms with Gasteiger partial charge in [-0.25, -0.2) is 4.39 Å². The molecule has 0 N–H and O–H groups in total. The molecule has 0 aromatic heterocycles. The summed E-state index contributed by atoms with van der Waals surface area (Å²) >= 11 is 5.59. The number of benzene rings is 2. The van der Waals surface area contributed by atoms with Crippen molar-refractivity contribution in [3.05, 3.63) is 58.9 Å². The topological polar surface area (TPSA) is 0 Å². The van der Waals surface area contributed by atoms with Crippen molar-refractivity contribution in [2.75, 3.05) is 0 Å². The van der Waals surface area contributed by atoms with Gasteiger partial charge in [0.25, 0.3) is 0 Å². The van der Waals surface area contributed by atoms with E-state index >= 15 is 0 Å². The Labute approximate surface area is 106 Å². The largest absolute Gasteiger partial charge is 0.416 e. The van der Waals surface area contributed by atoms with Crippen LogP contribution in [-0.4, -0.2) is 0 Å². The van der Waals surface area contributed by atoms with Gasteiger partial charge in [0, 0.05) is 10.6 Å². The summed E-state index contributed by atoms with van der Waals surface area (Å²) in [6, 6.07) is 8.36. The number of rotatable bonds is 1. The minimum Gasteiger partial charge on any atom is -0.206 e. The zero-order valence-electron chi connectivity index (χ0n) is 8.93. The van der Waals surface area contributed by atoms with Crippen LogP contribution < -0.4 is 0 Å². The van der Waals surface area contributed by atoms with Gasteiger partial charge in [-0.15, -0.1) is 0 Å². The molecule has 2 aromatic rings. The molecule has 2 rings (SSSR count). The maximum Gasteiger partial charge on any atom is 0.416 e. The second-order valence-corrected chi connectivity index (χ2v) is 4.14. The van der Waals surface area contributed by atoms with E-state index in [0.29, 0.717) is 0 Å².